The minimum absolute atomic E-state index is 0.00844. The zero-order valence-corrected chi connectivity index (χ0v) is 13.4. The van der Waals surface area contributed by atoms with E-state index in [0.29, 0.717) is 18.0 Å². The fourth-order valence-corrected chi connectivity index (χ4v) is 1.99. The SMILES string of the molecule is CCCNC(C)c1ccc(OC)cc1OCC(=O)NCC. The largest absolute Gasteiger partial charge is 0.497 e. The maximum Gasteiger partial charge on any atom is 0.257 e. The van der Waals surface area contributed by atoms with Crippen LogP contribution < -0.4 is 20.1 Å². The highest BCUT2D eigenvalue weighted by Gasteiger charge is 2.13. The van der Waals surface area contributed by atoms with Crippen molar-refractivity contribution in [2.75, 3.05) is 26.8 Å². The summed E-state index contributed by atoms with van der Waals surface area (Å²) in [7, 11) is 1.61. The van der Waals surface area contributed by atoms with Crippen molar-refractivity contribution >= 4 is 5.91 Å². The first-order valence-electron chi connectivity index (χ1n) is 7.43. The van der Waals surface area contributed by atoms with E-state index in [1.54, 1.807) is 7.11 Å². The number of rotatable bonds is 9. The molecule has 5 nitrogen and oxygen atoms in total. The molecule has 5 heteroatoms. The standard InChI is InChI=1S/C16H26N2O3/c1-5-9-18-12(3)14-8-7-13(20-4)10-15(14)21-11-16(19)17-6-2/h7-8,10,12,18H,5-6,9,11H2,1-4H3,(H,17,19). The second kappa shape index (κ2) is 9.23. The molecule has 1 unspecified atom stereocenters. The van der Waals surface area contributed by atoms with E-state index in [9.17, 15) is 4.79 Å². The number of hydrogen-bond donors (Lipinski definition) is 2. The summed E-state index contributed by atoms with van der Waals surface area (Å²) >= 11 is 0. The molecule has 0 bridgehead atoms. The first-order chi connectivity index (χ1) is 10.1. The number of likely N-dealkylation sites (N-methyl/N-ethyl adjacent to an activating group) is 1. The van der Waals surface area contributed by atoms with Gasteiger partial charge in [0.25, 0.3) is 5.91 Å². The van der Waals surface area contributed by atoms with Gasteiger partial charge in [0.15, 0.2) is 6.61 Å². The molecule has 118 valence electrons. The van der Waals surface area contributed by atoms with Crippen LogP contribution in [0, 0.1) is 0 Å². The first-order valence-corrected chi connectivity index (χ1v) is 7.43. The summed E-state index contributed by atoms with van der Waals surface area (Å²) in [4.78, 5) is 11.5. The molecule has 0 aliphatic carbocycles. The van der Waals surface area contributed by atoms with Crippen LogP contribution >= 0.6 is 0 Å². The fraction of sp³-hybridized carbons (Fsp3) is 0.562. The molecule has 1 rings (SSSR count). The quantitative estimate of drug-likeness (QED) is 0.733. The van der Waals surface area contributed by atoms with Crippen LogP contribution in [0.5, 0.6) is 11.5 Å². The maximum atomic E-state index is 11.5. The molecule has 0 heterocycles. The van der Waals surface area contributed by atoms with E-state index < -0.39 is 0 Å². The minimum Gasteiger partial charge on any atom is -0.497 e. The number of benzene rings is 1. The molecule has 0 saturated carbocycles. The predicted molar refractivity (Wildman–Crippen MR) is 83.9 cm³/mol. The summed E-state index contributed by atoms with van der Waals surface area (Å²) in [5.74, 6) is 1.27. The van der Waals surface area contributed by atoms with E-state index in [1.807, 2.05) is 25.1 Å². The van der Waals surface area contributed by atoms with E-state index >= 15 is 0 Å². The van der Waals surface area contributed by atoms with Crippen molar-refractivity contribution < 1.29 is 14.3 Å². The third kappa shape index (κ3) is 5.63. The molecule has 0 aliphatic rings. The normalized spacial score (nSPS) is 11.8. The van der Waals surface area contributed by atoms with Gasteiger partial charge in [-0.25, -0.2) is 0 Å². The zero-order valence-electron chi connectivity index (χ0n) is 13.4. The van der Waals surface area contributed by atoms with Crippen LogP contribution in [0.3, 0.4) is 0 Å². The van der Waals surface area contributed by atoms with Crippen LogP contribution in [0.1, 0.15) is 38.8 Å². The van der Waals surface area contributed by atoms with Gasteiger partial charge in [0.05, 0.1) is 7.11 Å². The average molecular weight is 294 g/mol. The summed E-state index contributed by atoms with van der Waals surface area (Å²) in [5.41, 5.74) is 1.02. The minimum atomic E-state index is -0.125. The average Bonchev–Trinajstić information content (AvgIpc) is 2.50. The van der Waals surface area contributed by atoms with Gasteiger partial charge in [0, 0.05) is 24.2 Å². The van der Waals surface area contributed by atoms with Gasteiger partial charge >= 0.3 is 0 Å². The van der Waals surface area contributed by atoms with Gasteiger partial charge in [-0.1, -0.05) is 13.0 Å². The summed E-state index contributed by atoms with van der Waals surface area (Å²) in [5, 5.41) is 6.13. The van der Waals surface area contributed by atoms with Crippen LogP contribution in [0.15, 0.2) is 18.2 Å². The van der Waals surface area contributed by atoms with Crippen molar-refractivity contribution in [3.63, 3.8) is 0 Å². The molecule has 21 heavy (non-hydrogen) atoms. The third-order valence-electron chi connectivity index (χ3n) is 3.12. The van der Waals surface area contributed by atoms with Crippen LogP contribution in [0.2, 0.25) is 0 Å². The number of nitrogens with one attached hydrogen (secondary N) is 2. The van der Waals surface area contributed by atoms with E-state index in [4.69, 9.17) is 9.47 Å². The number of methoxy groups -OCH3 is 1. The molecule has 1 amide bonds. The molecule has 1 aromatic carbocycles. The van der Waals surface area contributed by atoms with Gasteiger partial charge in [0.1, 0.15) is 11.5 Å². The van der Waals surface area contributed by atoms with Gasteiger partial charge in [-0.3, -0.25) is 4.79 Å². The van der Waals surface area contributed by atoms with Gasteiger partial charge < -0.3 is 20.1 Å². The summed E-state index contributed by atoms with van der Waals surface area (Å²) in [6.07, 6.45) is 1.07. The number of carbonyl (C=O) groups excluding carboxylic acids is 1. The van der Waals surface area contributed by atoms with Gasteiger partial charge in [-0.05, 0) is 32.9 Å². The van der Waals surface area contributed by atoms with E-state index in [-0.39, 0.29) is 18.6 Å². The topological polar surface area (TPSA) is 59.6 Å². The Bertz CT molecular complexity index is 449. The Balaban J connectivity index is 2.83. The Labute approximate surface area is 127 Å². The molecule has 0 spiro atoms. The Morgan fingerprint density at radius 3 is 2.71 bits per heavy atom. The number of hydrogen-bond acceptors (Lipinski definition) is 4. The summed E-state index contributed by atoms with van der Waals surface area (Å²) in [6, 6.07) is 5.84. The molecular weight excluding hydrogens is 268 g/mol. The van der Waals surface area contributed by atoms with Crippen molar-refractivity contribution in [2.45, 2.75) is 33.2 Å². The van der Waals surface area contributed by atoms with Gasteiger partial charge in [-0.15, -0.1) is 0 Å². The molecule has 0 radical (unpaired) electrons. The van der Waals surface area contributed by atoms with Crippen LogP contribution in [-0.2, 0) is 4.79 Å². The van der Waals surface area contributed by atoms with E-state index in [2.05, 4.69) is 24.5 Å². The van der Waals surface area contributed by atoms with Crippen LogP contribution in [-0.4, -0.2) is 32.7 Å². The molecule has 0 saturated heterocycles. The summed E-state index contributed by atoms with van der Waals surface area (Å²) < 4.78 is 10.9. The fourth-order valence-electron chi connectivity index (χ4n) is 1.99. The lowest BCUT2D eigenvalue weighted by molar-refractivity contribution is -0.123. The Kier molecular flexibility index (Phi) is 7.61. The highest BCUT2D eigenvalue weighted by atomic mass is 16.5. The van der Waals surface area contributed by atoms with Crippen molar-refractivity contribution in [2.24, 2.45) is 0 Å². The smallest absolute Gasteiger partial charge is 0.257 e. The molecule has 2 N–H and O–H groups in total. The zero-order chi connectivity index (χ0) is 15.7. The molecule has 1 aromatic rings. The number of carbonyl (C=O) groups is 1. The Hall–Kier alpha value is -1.75. The molecule has 1 atom stereocenters. The highest BCUT2D eigenvalue weighted by molar-refractivity contribution is 5.77. The lowest BCUT2D eigenvalue weighted by Gasteiger charge is -2.19. The number of ether oxygens (including phenoxy) is 2. The molecule has 0 aliphatic heterocycles. The van der Waals surface area contributed by atoms with Gasteiger partial charge in [0.2, 0.25) is 0 Å². The van der Waals surface area contributed by atoms with Crippen LogP contribution in [0.4, 0.5) is 0 Å². The van der Waals surface area contributed by atoms with Crippen molar-refractivity contribution in [3.8, 4) is 11.5 Å². The second-order valence-electron chi connectivity index (χ2n) is 4.82. The van der Waals surface area contributed by atoms with Crippen molar-refractivity contribution in [1.29, 1.82) is 0 Å². The van der Waals surface area contributed by atoms with Crippen molar-refractivity contribution in [3.05, 3.63) is 23.8 Å². The highest BCUT2D eigenvalue weighted by Crippen LogP contribution is 2.29. The van der Waals surface area contributed by atoms with Crippen molar-refractivity contribution in [1.82, 2.24) is 10.6 Å². The number of amides is 1. The second-order valence-corrected chi connectivity index (χ2v) is 4.82. The molecule has 0 fully saturated rings. The molecule has 0 aromatic heterocycles. The first kappa shape index (κ1) is 17.3. The maximum absolute atomic E-state index is 11.5. The molecular formula is C16H26N2O3. The van der Waals surface area contributed by atoms with Gasteiger partial charge in [-0.2, -0.15) is 0 Å². The summed E-state index contributed by atoms with van der Waals surface area (Å²) in [6.45, 7) is 7.63. The van der Waals surface area contributed by atoms with E-state index in [0.717, 1.165) is 18.5 Å². The lowest BCUT2D eigenvalue weighted by Crippen LogP contribution is -2.29. The third-order valence-corrected chi connectivity index (χ3v) is 3.12. The lowest BCUT2D eigenvalue weighted by atomic mass is 10.1. The Morgan fingerprint density at radius 2 is 2.10 bits per heavy atom. The van der Waals surface area contributed by atoms with Crippen LogP contribution in [0.25, 0.3) is 0 Å². The monoisotopic (exact) mass is 294 g/mol. The van der Waals surface area contributed by atoms with E-state index in [1.165, 1.54) is 0 Å². The predicted octanol–water partition coefficient (Wildman–Crippen LogP) is 2.27. The Morgan fingerprint density at radius 1 is 1.33 bits per heavy atom.